The molecule has 2 aromatic rings. The molecule has 2 rings (SSSR count). The molecule has 0 saturated heterocycles. The lowest BCUT2D eigenvalue weighted by molar-refractivity contribution is 0.651. The summed E-state index contributed by atoms with van der Waals surface area (Å²) in [6.07, 6.45) is 1.42. The van der Waals surface area contributed by atoms with Gasteiger partial charge in [-0.05, 0) is 31.9 Å². The molecule has 0 aliphatic heterocycles. The minimum Gasteiger partial charge on any atom is -0.393 e. The van der Waals surface area contributed by atoms with Crippen LogP contribution in [0.3, 0.4) is 0 Å². The van der Waals surface area contributed by atoms with Crippen LogP contribution in [0.5, 0.6) is 0 Å². The molecule has 5 heteroatoms. The molecule has 94 valence electrons. The molecule has 1 aromatic heterocycles. The van der Waals surface area contributed by atoms with Crippen molar-refractivity contribution in [2.75, 3.05) is 0 Å². The summed E-state index contributed by atoms with van der Waals surface area (Å²) >= 11 is 4.84. The zero-order valence-corrected chi connectivity index (χ0v) is 11.0. The number of benzene rings is 1. The second-order valence-electron chi connectivity index (χ2n) is 4.21. The Morgan fingerprint density at radius 1 is 1.44 bits per heavy atom. The highest BCUT2D eigenvalue weighted by Crippen LogP contribution is 2.10. The predicted octanol–water partition coefficient (Wildman–Crippen LogP) is 1.77. The van der Waals surface area contributed by atoms with Gasteiger partial charge in [-0.15, -0.1) is 0 Å². The predicted molar refractivity (Wildman–Crippen MR) is 76.8 cm³/mol. The van der Waals surface area contributed by atoms with Crippen LogP contribution < -0.4 is 11.3 Å². The molecular formula is C13H15N3OS. The first-order valence-corrected chi connectivity index (χ1v) is 6.25. The fourth-order valence-corrected chi connectivity index (χ4v) is 2.10. The average Bonchev–Trinajstić information content (AvgIpc) is 2.33. The van der Waals surface area contributed by atoms with E-state index < -0.39 is 0 Å². The number of aromatic nitrogens is 2. The number of para-hydroxylation sites is 2. The molecule has 0 atom stereocenters. The number of hydrogen-bond acceptors (Lipinski definition) is 3. The first kappa shape index (κ1) is 12.7. The van der Waals surface area contributed by atoms with Gasteiger partial charge in [-0.2, -0.15) is 0 Å². The van der Waals surface area contributed by atoms with Crippen LogP contribution in [0.2, 0.25) is 0 Å². The van der Waals surface area contributed by atoms with Crippen molar-refractivity contribution in [2.24, 2.45) is 5.73 Å². The number of thiocarbonyl (C=S) groups is 1. The molecule has 0 saturated carbocycles. The summed E-state index contributed by atoms with van der Waals surface area (Å²) in [5.41, 5.74) is 7.64. The zero-order valence-electron chi connectivity index (χ0n) is 10.2. The van der Waals surface area contributed by atoms with E-state index in [1.807, 2.05) is 24.3 Å². The van der Waals surface area contributed by atoms with E-state index >= 15 is 0 Å². The summed E-state index contributed by atoms with van der Waals surface area (Å²) < 4.78 is 1.75. The van der Waals surface area contributed by atoms with Gasteiger partial charge in [-0.25, -0.2) is 4.98 Å². The van der Waals surface area contributed by atoms with Crippen molar-refractivity contribution in [3.63, 3.8) is 0 Å². The number of nitrogens with zero attached hydrogens (tertiary/aromatic N) is 2. The molecule has 18 heavy (non-hydrogen) atoms. The van der Waals surface area contributed by atoms with Crippen LogP contribution in [0.4, 0.5) is 0 Å². The summed E-state index contributed by atoms with van der Waals surface area (Å²) in [4.78, 5) is 16.9. The Morgan fingerprint density at radius 2 is 2.17 bits per heavy atom. The smallest absolute Gasteiger partial charge is 0.272 e. The zero-order chi connectivity index (χ0) is 13.1. The summed E-state index contributed by atoms with van der Waals surface area (Å²) in [6.45, 7) is 2.35. The maximum Gasteiger partial charge on any atom is 0.272 e. The van der Waals surface area contributed by atoms with Gasteiger partial charge < -0.3 is 10.3 Å². The maximum atomic E-state index is 12.1. The Labute approximate surface area is 110 Å². The van der Waals surface area contributed by atoms with Gasteiger partial charge in [0.25, 0.3) is 5.56 Å². The van der Waals surface area contributed by atoms with Gasteiger partial charge in [0.15, 0.2) is 0 Å². The van der Waals surface area contributed by atoms with Crippen LogP contribution in [0, 0.1) is 6.92 Å². The van der Waals surface area contributed by atoms with Gasteiger partial charge in [0.05, 0.1) is 16.0 Å². The molecule has 4 nitrogen and oxygen atoms in total. The van der Waals surface area contributed by atoms with Gasteiger partial charge in [0.2, 0.25) is 0 Å². The fraction of sp³-hybridized carbons (Fsp3) is 0.308. The van der Waals surface area contributed by atoms with Gasteiger partial charge in [-0.1, -0.05) is 24.4 Å². The van der Waals surface area contributed by atoms with E-state index in [4.69, 9.17) is 18.0 Å². The topological polar surface area (TPSA) is 60.9 Å². The SMILES string of the molecule is Cc1nc2ccccc2n(CCCC(N)=S)c1=O. The molecule has 0 bridgehead atoms. The average molecular weight is 261 g/mol. The van der Waals surface area contributed by atoms with E-state index in [-0.39, 0.29) is 5.56 Å². The fourth-order valence-electron chi connectivity index (χ4n) is 1.95. The second kappa shape index (κ2) is 5.27. The Hall–Kier alpha value is -1.75. The Bertz CT molecular complexity index is 648. The highest BCUT2D eigenvalue weighted by Gasteiger charge is 2.07. The maximum absolute atomic E-state index is 12.1. The van der Waals surface area contributed by atoms with E-state index in [0.29, 0.717) is 23.6 Å². The van der Waals surface area contributed by atoms with Crippen LogP contribution in [0.25, 0.3) is 11.0 Å². The van der Waals surface area contributed by atoms with Crippen molar-refractivity contribution >= 4 is 28.2 Å². The lowest BCUT2D eigenvalue weighted by Crippen LogP contribution is -2.24. The van der Waals surface area contributed by atoms with Crippen molar-refractivity contribution in [2.45, 2.75) is 26.3 Å². The minimum atomic E-state index is -0.0448. The number of fused-ring (bicyclic) bond motifs is 1. The summed E-state index contributed by atoms with van der Waals surface area (Å²) in [5, 5.41) is 0. The van der Waals surface area contributed by atoms with Crippen LogP contribution in [-0.2, 0) is 6.54 Å². The molecule has 0 radical (unpaired) electrons. The third-order valence-corrected chi connectivity index (χ3v) is 3.02. The quantitative estimate of drug-likeness (QED) is 0.852. The molecule has 0 spiro atoms. The van der Waals surface area contributed by atoms with Gasteiger partial charge in [0, 0.05) is 6.54 Å². The van der Waals surface area contributed by atoms with Crippen molar-refractivity contribution in [3.8, 4) is 0 Å². The summed E-state index contributed by atoms with van der Waals surface area (Å²) in [6, 6.07) is 7.64. The van der Waals surface area contributed by atoms with Gasteiger partial charge in [-0.3, -0.25) is 4.79 Å². The van der Waals surface area contributed by atoms with Crippen molar-refractivity contribution in [1.82, 2.24) is 9.55 Å². The highest BCUT2D eigenvalue weighted by molar-refractivity contribution is 7.80. The van der Waals surface area contributed by atoms with Gasteiger partial charge >= 0.3 is 0 Å². The lowest BCUT2D eigenvalue weighted by Gasteiger charge is -2.10. The van der Waals surface area contributed by atoms with Crippen LogP contribution in [-0.4, -0.2) is 14.5 Å². The summed E-state index contributed by atoms with van der Waals surface area (Å²) in [5.74, 6) is 0. The van der Waals surface area contributed by atoms with Crippen molar-refractivity contribution in [3.05, 3.63) is 40.3 Å². The molecule has 1 heterocycles. The Kier molecular flexibility index (Phi) is 3.72. The van der Waals surface area contributed by atoms with Crippen LogP contribution in [0.15, 0.2) is 29.1 Å². The van der Waals surface area contributed by atoms with Crippen molar-refractivity contribution in [1.29, 1.82) is 0 Å². The third-order valence-electron chi connectivity index (χ3n) is 2.82. The first-order chi connectivity index (χ1) is 8.59. The van der Waals surface area contributed by atoms with Crippen LogP contribution >= 0.6 is 12.2 Å². The monoisotopic (exact) mass is 261 g/mol. The largest absolute Gasteiger partial charge is 0.393 e. The molecule has 0 aliphatic carbocycles. The Morgan fingerprint density at radius 3 is 2.89 bits per heavy atom. The van der Waals surface area contributed by atoms with E-state index in [9.17, 15) is 4.79 Å². The van der Waals surface area contributed by atoms with Crippen molar-refractivity contribution < 1.29 is 0 Å². The highest BCUT2D eigenvalue weighted by atomic mass is 32.1. The second-order valence-corrected chi connectivity index (χ2v) is 4.74. The molecule has 1 aromatic carbocycles. The van der Waals surface area contributed by atoms with Gasteiger partial charge in [0.1, 0.15) is 5.69 Å². The summed E-state index contributed by atoms with van der Waals surface area (Å²) in [7, 11) is 0. The van der Waals surface area contributed by atoms with E-state index in [1.165, 1.54) is 0 Å². The minimum absolute atomic E-state index is 0.0448. The first-order valence-electron chi connectivity index (χ1n) is 5.84. The molecule has 0 unspecified atom stereocenters. The standard InChI is InChI=1S/C13H15N3OS/c1-9-13(17)16(8-4-7-12(14)18)11-6-3-2-5-10(11)15-9/h2-3,5-6H,4,7-8H2,1H3,(H2,14,18). The van der Waals surface area contributed by atoms with Crippen LogP contribution in [0.1, 0.15) is 18.5 Å². The number of nitrogens with two attached hydrogens (primary N) is 1. The Balaban J connectivity index is 2.43. The molecule has 0 aliphatic rings. The molecule has 2 N–H and O–H groups in total. The third kappa shape index (κ3) is 2.56. The molecular weight excluding hydrogens is 246 g/mol. The van der Waals surface area contributed by atoms with E-state index in [2.05, 4.69) is 4.98 Å². The van der Waals surface area contributed by atoms with E-state index in [1.54, 1.807) is 11.5 Å². The normalized spacial score (nSPS) is 10.7. The molecule has 0 fully saturated rings. The van der Waals surface area contributed by atoms with E-state index in [0.717, 1.165) is 17.5 Å². The number of hydrogen-bond donors (Lipinski definition) is 1. The lowest BCUT2D eigenvalue weighted by atomic mass is 10.2. The number of rotatable bonds is 4. The number of aryl methyl sites for hydroxylation is 2. The molecule has 0 amide bonds.